The van der Waals surface area contributed by atoms with Crippen molar-refractivity contribution in [3.05, 3.63) is 60.8 Å². The highest BCUT2D eigenvalue weighted by molar-refractivity contribution is 5.74. The third kappa shape index (κ3) is 36.1. The van der Waals surface area contributed by atoms with Crippen LogP contribution >= 0.6 is 0 Å². The van der Waals surface area contributed by atoms with E-state index in [1.54, 1.807) is 0 Å². The van der Waals surface area contributed by atoms with Crippen molar-refractivity contribution < 1.29 is 58.2 Å². The van der Waals surface area contributed by atoms with Gasteiger partial charge in [0.15, 0.2) is 24.6 Å². The number of aliphatic hydroxyl groups is 2. The number of aliphatic carboxylic acids is 1. The number of aliphatic hydroxyl groups excluding tert-OH is 2. The van der Waals surface area contributed by atoms with Crippen LogP contribution in [0.1, 0.15) is 226 Å². The van der Waals surface area contributed by atoms with Crippen LogP contribution in [0.2, 0.25) is 0 Å². The van der Waals surface area contributed by atoms with E-state index in [4.69, 9.17) is 23.7 Å². The molecule has 0 bridgehead atoms. The van der Waals surface area contributed by atoms with E-state index in [0.717, 1.165) is 122 Å². The van der Waals surface area contributed by atoms with Gasteiger partial charge in [0.2, 0.25) is 0 Å². The molecule has 0 spiro atoms. The van der Waals surface area contributed by atoms with Crippen molar-refractivity contribution >= 4 is 23.9 Å². The molecule has 6 unspecified atom stereocenters. The van der Waals surface area contributed by atoms with Gasteiger partial charge in [0.1, 0.15) is 18.8 Å². The predicted octanol–water partition coefficient (Wildman–Crippen LogP) is 13.2. The first kappa shape index (κ1) is 63.4. The van der Waals surface area contributed by atoms with E-state index >= 15 is 0 Å². The van der Waals surface area contributed by atoms with Crippen molar-refractivity contribution in [3.8, 4) is 0 Å². The molecule has 12 heteroatoms. The number of carboxylic acids is 1. The van der Waals surface area contributed by atoms with Crippen molar-refractivity contribution in [1.29, 1.82) is 0 Å². The lowest BCUT2D eigenvalue weighted by molar-refractivity contribution is -0.301. The Balaban J connectivity index is 2.73. The van der Waals surface area contributed by atoms with E-state index in [-0.39, 0.29) is 25.9 Å². The van der Waals surface area contributed by atoms with Crippen LogP contribution in [-0.2, 0) is 42.9 Å². The van der Waals surface area contributed by atoms with Crippen molar-refractivity contribution in [3.63, 3.8) is 0 Å². The second-order valence-corrected chi connectivity index (χ2v) is 18.5. The van der Waals surface area contributed by atoms with E-state index in [2.05, 4.69) is 81.5 Å². The quantitative estimate of drug-likeness (QED) is 0.0228. The summed E-state index contributed by atoms with van der Waals surface area (Å²) in [5, 5.41) is 31.4. The number of ether oxygens (including phenoxy) is 5. The summed E-state index contributed by atoms with van der Waals surface area (Å²) < 4.78 is 28.3. The minimum absolute atomic E-state index is 0.0396. The first-order valence-corrected chi connectivity index (χ1v) is 27.3. The zero-order valence-electron chi connectivity index (χ0n) is 43.3. The normalized spacial score (nSPS) is 19.1. The predicted molar refractivity (Wildman–Crippen MR) is 275 cm³/mol. The summed E-state index contributed by atoms with van der Waals surface area (Å²) in [6.45, 7) is 5.77. The molecular weight excluding hydrogens is 877 g/mol. The van der Waals surface area contributed by atoms with E-state index < -0.39 is 67.3 Å². The van der Waals surface area contributed by atoms with Crippen LogP contribution < -0.4 is 0 Å². The highest BCUT2D eigenvalue weighted by atomic mass is 16.7. The number of hydrogen-bond donors (Lipinski definition) is 3. The van der Waals surface area contributed by atoms with Crippen molar-refractivity contribution in [2.24, 2.45) is 0 Å². The van der Waals surface area contributed by atoms with E-state index in [0.29, 0.717) is 19.3 Å². The zero-order chi connectivity index (χ0) is 50.4. The fraction of sp³-hybridized carbons (Fsp3) is 0.754. The number of rotatable bonds is 45. The maximum atomic E-state index is 13.1. The molecule has 0 aliphatic carbocycles. The molecule has 0 aromatic heterocycles. The molecule has 1 heterocycles. The van der Waals surface area contributed by atoms with Crippen LogP contribution in [0.3, 0.4) is 0 Å². The minimum Gasteiger partial charge on any atom is -0.479 e. The Labute approximate surface area is 417 Å². The Kier molecular flexibility index (Phi) is 41.9. The fourth-order valence-electron chi connectivity index (χ4n) is 7.89. The van der Waals surface area contributed by atoms with Crippen molar-refractivity contribution in [2.75, 3.05) is 13.2 Å². The molecule has 1 saturated heterocycles. The molecule has 0 radical (unpaired) electrons. The maximum absolute atomic E-state index is 13.1. The average molecular weight is 973 g/mol. The summed E-state index contributed by atoms with van der Waals surface area (Å²) in [7, 11) is 0. The van der Waals surface area contributed by atoms with Crippen LogP contribution in [-0.4, -0.2) is 89.2 Å². The molecule has 1 aliphatic heterocycles. The highest BCUT2D eigenvalue weighted by Crippen LogP contribution is 2.26. The van der Waals surface area contributed by atoms with Crippen LogP contribution in [0.5, 0.6) is 0 Å². The Bertz CT molecular complexity index is 1440. The molecule has 1 rings (SSSR count). The Morgan fingerprint density at radius 1 is 0.493 bits per heavy atom. The summed E-state index contributed by atoms with van der Waals surface area (Å²) in [5.41, 5.74) is 0. The fourth-order valence-corrected chi connectivity index (χ4v) is 7.89. The van der Waals surface area contributed by atoms with Crippen LogP contribution in [0.15, 0.2) is 60.8 Å². The number of carbonyl (C=O) groups is 4. The van der Waals surface area contributed by atoms with Gasteiger partial charge in [-0.25, -0.2) is 4.79 Å². The molecule has 396 valence electrons. The number of allylic oxidation sites excluding steroid dienone is 10. The molecule has 6 atom stereocenters. The summed E-state index contributed by atoms with van der Waals surface area (Å²) in [5.74, 6) is -3.16. The van der Waals surface area contributed by atoms with Gasteiger partial charge in [0.25, 0.3) is 0 Å². The molecule has 69 heavy (non-hydrogen) atoms. The summed E-state index contributed by atoms with van der Waals surface area (Å²) in [6.07, 6.45) is 42.0. The Hall–Kier alpha value is -3.58. The molecule has 3 N–H and O–H groups in total. The molecule has 1 aliphatic rings. The van der Waals surface area contributed by atoms with Gasteiger partial charge in [-0.1, -0.05) is 191 Å². The topological polar surface area (TPSA) is 175 Å². The van der Waals surface area contributed by atoms with E-state index in [1.807, 2.05) is 0 Å². The first-order chi connectivity index (χ1) is 33.6. The second kappa shape index (κ2) is 45.6. The maximum Gasteiger partial charge on any atom is 0.335 e. The third-order valence-corrected chi connectivity index (χ3v) is 12.1. The molecule has 0 amide bonds. The third-order valence-electron chi connectivity index (χ3n) is 12.1. The van der Waals surface area contributed by atoms with Gasteiger partial charge in [-0.15, -0.1) is 0 Å². The average Bonchev–Trinajstić information content (AvgIpc) is 3.33. The molecule has 0 aromatic rings. The summed E-state index contributed by atoms with van der Waals surface area (Å²) in [6, 6.07) is 0. The van der Waals surface area contributed by atoms with E-state index in [1.165, 1.54) is 44.9 Å². The smallest absolute Gasteiger partial charge is 0.335 e. The highest BCUT2D eigenvalue weighted by Gasteiger charge is 2.50. The monoisotopic (exact) mass is 973 g/mol. The van der Waals surface area contributed by atoms with Crippen molar-refractivity contribution in [1.82, 2.24) is 0 Å². The molecule has 0 saturated carbocycles. The minimum atomic E-state index is -1.91. The van der Waals surface area contributed by atoms with Gasteiger partial charge in [0, 0.05) is 19.3 Å². The lowest BCUT2D eigenvalue weighted by Crippen LogP contribution is -2.61. The summed E-state index contributed by atoms with van der Waals surface area (Å²) in [4.78, 5) is 50.9. The van der Waals surface area contributed by atoms with Gasteiger partial charge in [0.05, 0.1) is 6.61 Å². The zero-order valence-corrected chi connectivity index (χ0v) is 43.3. The molecule has 1 fully saturated rings. The largest absolute Gasteiger partial charge is 0.479 e. The summed E-state index contributed by atoms with van der Waals surface area (Å²) >= 11 is 0. The number of carbonyl (C=O) groups excluding carboxylic acids is 3. The van der Waals surface area contributed by atoms with Gasteiger partial charge in [-0.2, -0.15) is 0 Å². The molecule has 12 nitrogen and oxygen atoms in total. The van der Waals surface area contributed by atoms with Gasteiger partial charge in [-0.05, 0) is 77.0 Å². The van der Waals surface area contributed by atoms with E-state index in [9.17, 15) is 34.5 Å². The molecular formula is C57H96O12. The Morgan fingerprint density at radius 2 is 0.942 bits per heavy atom. The number of hydrogen-bond acceptors (Lipinski definition) is 11. The van der Waals surface area contributed by atoms with Gasteiger partial charge >= 0.3 is 23.9 Å². The lowest BCUT2D eigenvalue weighted by atomic mass is 9.98. The van der Waals surface area contributed by atoms with Crippen LogP contribution in [0, 0.1) is 0 Å². The Morgan fingerprint density at radius 3 is 1.45 bits per heavy atom. The number of unbranched alkanes of at least 4 members (excludes halogenated alkanes) is 21. The first-order valence-electron chi connectivity index (χ1n) is 27.3. The number of esters is 3. The van der Waals surface area contributed by atoms with Crippen LogP contribution in [0.4, 0.5) is 0 Å². The second-order valence-electron chi connectivity index (χ2n) is 18.5. The van der Waals surface area contributed by atoms with Crippen LogP contribution in [0.25, 0.3) is 0 Å². The SMILES string of the molecule is CC/C=C\C/C=C\C/C=C\CCCCCCCC(=O)OC1C(OCC(COC(=O)CCCCCCC/C=C\C/C=C\CCC)OC(=O)CCCCCCCCCCCCC)OC(C(=O)O)C(O)C1O. The van der Waals surface area contributed by atoms with Crippen molar-refractivity contribution in [2.45, 2.75) is 263 Å². The number of carboxylic acid groups (broad SMARTS) is 1. The standard InChI is InChI=1S/C57H96O12/c1-4-7-10-13-16-19-22-24-25-27-30-33-36-39-42-45-51(60)68-55-53(62)52(61)54(56(63)64)69-57(55)66-47-48(67-50(59)44-41-38-35-32-28-21-18-15-12-9-6-3)46-65-49(58)43-40-37-34-31-29-26-23-20-17-14-11-8-5-2/h7,10-11,14,16,19-20,23-25,48,52-55,57,61-62H,4-6,8-9,12-13,15,17-18,21-22,26-47H2,1-3H3,(H,63,64)/b10-7-,14-11-,19-16-,23-20-,25-24-. The lowest BCUT2D eigenvalue weighted by Gasteiger charge is -2.40. The molecule has 0 aromatic carbocycles. The van der Waals surface area contributed by atoms with Gasteiger partial charge < -0.3 is 39.0 Å². The van der Waals surface area contributed by atoms with Gasteiger partial charge in [-0.3, -0.25) is 14.4 Å².